The first-order valence-electron chi connectivity index (χ1n) is 9.95. The number of hydrogen-bond donors (Lipinski definition) is 1. The Morgan fingerprint density at radius 2 is 2.00 bits per heavy atom. The quantitative estimate of drug-likeness (QED) is 0.536. The predicted octanol–water partition coefficient (Wildman–Crippen LogP) is 3.93. The summed E-state index contributed by atoms with van der Waals surface area (Å²) in [6.45, 7) is 0.588. The fourth-order valence-electron chi connectivity index (χ4n) is 3.58. The average Bonchev–Trinajstić information content (AvgIpc) is 3.51. The van der Waals surface area contributed by atoms with Crippen LogP contribution in [0.4, 0.5) is 5.13 Å². The van der Waals surface area contributed by atoms with E-state index in [9.17, 15) is 13.2 Å². The van der Waals surface area contributed by atoms with E-state index >= 15 is 0 Å². The Bertz CT molecular complexity index is 1190. The van der Waals surface area contributed by atoms with E-state index in [4.69, 9.17) is 9.47 Å². The number of carbonyl (C=O) groups excluding carboxylic acids is 1. The van der Waals surface area contributed by atoms with Crippen molar-refractivity contribution in [3.63, 3.8) is 0 Å². The molecule has 4 rings (SSSR count). The number of sulfonamides is 1. The van der Waals surface area contributed by atoms with Gasteiger partial charge in [0, 0.05) is 24.0 Å². The molecule has 2 aromatic heterocycles. The Hall–Kier alpha value is -2.47. The van der Waals surface area contributed by atoms with Gasteiger partial charge in [-0.25, -0.2) is 13.4 Å². The molecule has 1 atom stereocenters. The molecule has 32 heavy (non-hydrogen) atoms. The number of benzene rings is 1. The van der Waals surface area contributed by atoms with Gasteiger partial charge in [-0.15, -0.1) is 22.7 Å². The minimum absolute atomic E-state index is 0.167. The molecule has 11 heteroatoms. The molecule has 0 bridgehead atoms. The molecular weight excluding hydrogens is 470 g/mol. The molecule has 170 valence electrons. The Morgan fingerprint density at radius 3 is 2.72 bits per heavy atom. The highest BCUT2D eigenvalue weighted by Crippen LogP contribution is 2.34. The van der Waals surface area contributed by atoms with Crippen molar-refractivity contribution in [1.29, 1.82) is 0 Å². The maximum Gasteiger partial charge on any atom is 0.252 e. The van der Waals surface area contributed by atoms with Crippen molar-refractivity contribution in [2.75, 3.05) is 32.6 Å². The van der Waals surface area contributed by atoms with Gasteiger partial charge in [0.05, 0.1) is 25.8 Å². The van der Waals surface area contributed by atoms with Crippen LogP contribution in [0, 0.1) is 5.92 Å². The van der Waals surface area contributed by atoms with E-state index in [-0.39, 0.29) is 12.5 Å². The molecule has 1 unspecified atom stereocenters. The van der Waals surface area contributed by atoms with Crippen LogP contribution >= 0.6 is 22.7 Å². The average molecular weight is 494 g/mol. The number of piperidine rings is 1. The molecule has 0 spiro atoms. The summed E-state index contributed by atoms with van der Waals surface area (Å²) in [6.07, 6.45) is 1.27. The lowest BCUT2D eigenvalue weighted by molar-refractivity contribution is -0.120. The highest BCUT2D eigenvalue weighted by Gasteiger charge is 2.34. The number of thiophene rings is 1. The van der Waals surface area contributed by atoms with E-state index < -0.39 is 15.9 Å². The highest BCUT2D eigenvalue weighted by molar-refractivity contribution is 7.91. The Balaban J connectivity index is 1.44. The fourth-order valence-corrected chi connectivity index (χ4v) is 6.97. The number of methoxy groups -OCH3 is 2. The summed E-state index contributed by atoms with van der Waals surface area (Å²) in [5.41, 5.74) is 1.54. The minimum Gasteiger partial charge on any atom is -0.493 e. The number of thiazole rings is 1. The van der Waals surface area contributed by atoms with Gasteiger partial charge in [-0.1, -0.05) is 6.07 Å². The number of ether oxygens (including phenoxy) is 2. The van der Waals surface area contributed by atoms with Crippen LogP contribution in [0.1, 0.15) is 12.8 Å². The molecule has 1 fully saturated rings. The second-order valence-corrected chi connectivity index (χ2v) is 11.2. The normalized spacial score (nSPS) is 17.1. The van der Waals surface area contributed by atoms with Crippen molar-refractivity contribution >= 4 is 43.7 Å². The first-order chi connectivity index (χ1) is 15.4. The Labute approximate surface area is 194 Å². The summed E-state index contributed by atoms with van der Waals surface area (Å²) < 4.78 is 37.9. The zero-order valence-corrected chi connectivity index (χ0v) is 20.1. The van der Waals surface area contributed by atoms with Crippen LogP contribution in [0.5, 0.6) is 11.5 Å². The van der Waals surface area contributed by atoms with Crippen LogP contribution in [0.25, 0.3) is 11.3 Å². The van der Waals surface area contributed by atoms with Crippen LogP contribution in [0.3, 0.4) is 0 Å². The molecule has 1 aliphatic rings. The molecule has 1 amide bonds. The second kappa shape index (κ2) is 9.57. The third kappa shape index (κ3) is 4.65. The number of carbonyl (C=O) groups is 1. The first kappa shape index (κ1) is 22.7. The second-order valence-electron chi connectivity index (χ2n) is 7.23. The molecule has 0 radical (unpaired) electrons. The summed E-state index contributed by atoms with van der Waals surface area (Å²) >= 11 is 2.51. The van der Waals surface area contributed by atoms with Crippen LogP contribution in [-0.4, -0.2) is 50.9 Å². The number of aromatic nitrogens is 1. The zero-order valence-electron chi connectivity index (χ0n) is 17.6. The third-order valence-electron chi connectivity index (χ3n) is 5.26. The minimum atomic E-state index is -3.57. The molecule has 8 nitrogen and oxygen atoms in total. The van der Waals surface area contributed by atoms with Crippen molar-refractivity contribution in [2.45, 2.75) is 17.1 Å². The van der Waals surface area contributed by atoms with Gasteiger partial charge in [0.2, 0.25) is 5.91 Å². The van der Waals surface area contributed by atoms with Gasteiger partial charge in [0.25, 0.3) is 10.0 Å². The zero-order chi connectivity index (χ0) is 22.7. The van der Waals surface area contributed by atoms with Crippen molar-refractivity contribution < 1.29 is 22.7 Å². The van der Waals surface area contributed by atoms with Crippen LogP contribution in [0.15, 0.2) is 45.3 Å². The topological polar surface area (TPSA) is 97.8 Å². The molecule has 0 saturated carbocycles. The molecule has 1 N–H and O–H groups in total. The molecule has 3 heterocycles. The van der Waals surface area contributed by atoms with Crippen molar-refractivity contribution in [3.05, 3.63) is 41.1 Å². The van der Waals surface area contributed by atoms with Gasteiger partial charge in [0.15, 0.2) is 16.6 Å². The standard InChI is InChI=1S/C21H23N3O5S3/c1-28-17-8-7-14(11-18(17)29-2)16-13-31-21(22-16)23-20(25)15-5-3-9-24(12-15)32(26,27)19-6-4-10-30-19/h4,6-8,10-11,13,15H,3,5,9,12H2,1-2H3,(H,22,23,25). The maximum absolute atomic E-state index is 12.9. The van der Waals surface area contributed by atoms with Gasteiger partial charge < -0.3 is 14.8 Å². The summed E-state index contributed by atoms with van der Waals surface area (Å²) in [5.74, 6) is 0.577. The number of hydrogen-bond acceptors (Lipinski definition) is 8. The Kier molecular flexibility index (Phi) is 6.79. The van der Waals surface area contributed by atoms with Crippen LogP contribution in [-0.2, 0) is 14.8 Å². The van der Waals surface area contributed by atoms with E-state index in [2.05, 4.69) is 10.3 Å². The number of nitrogens with zero attached hydrogens (tertiary/aromatic N) is 2. The largest absolute Gasteiger partial charge is 0.493 e. The first-order valence-corrected chi connectivity index (χ1v) is 13.1. The summed E-state index contributed by atoms with van der Waals surface area (Å²) in [5, 5.41) is 6.91. The van der Waals surface area contributed by atoms with E-state index in [0.29, 0.717) is 45.9 Å². The van der Waals surface area contributed by atoms with E-state index in [1.54, 1.807) is 37.8 Å². The Morgan fingerprint density at radius 1 is 1.19 bits per heavy atom. The molecule has 3 aromatic rings. The van der Waals surface area contributed by atoms with Crippen LogP contribution < -0.4 is 14.8 Å². The van der Waals surface area contributed by atoms with Crippen LogP contribution in [0.2, 0.25) is 0 Å². The number of amides is 1. The van der Waals surface area contributed by atoms with Gasteiger partial charge in [-0.05, 0) is 42.5 Å². The van der Waals surface area contributed by atoms with Gasteiger partial charge in [-0.3, -0.25) is 4.79 Å². The molecule has 0 aliphatic carbocycles. The van der Waals surface area contributed by atoms with Crippen molar-refractivity contribution in [3.8, 4) is 22.8 Å². The molecular formula is C21H23N3O5S3. The summed E-state index contributed by atoms with van der Waals surface area (Å²) in [7, 11) is -0.420. The third-order valence-corrected chi connectivity index (χ3v) is 9.25. The number of nitrogens with one attached hydrogen (secondary N) is 1. The smallest absolute Gasteiger partial charge is 0.252 e. The number of rotatable bonds is 7. The van der Waals surface area contributed by atoms with Crippen molar-refractivity contribution in [1.82, 2.24) is 9.29 Å². The lowest BCUT2D eigenvalue weighted by atomic mass is 9.99. The maximum atomic E-state index is 12.9. The van der Waals surface area contributed by atoms with Gasteiger partial charge in [0.1, 0.15) is 4.21 Å². The molecule has 1 aliphatic heterocycles. The number of anilines is 1. The summed E-state index contributed by atoms with van der Waals surface area (Å²) in [4.78, 5) is 17.4. The van der Waals surface area contributed by atoms with E-state index in [1.165, 1.54) is 27.0 Å². The summed E-state index contributed by atoms with van der Waals surface area (Å²) in [6, 6.07) is 8.81. The predicted molar refractivity (Wildman–Crippen MR) is 125 cm³/mol. The highest BCUT2D eigenvalue weighted by atomic mass is 32.2. The lowest BCUT2D eigenvalue weighted by Crippen LogP contribution is -2.43. The van der Waals surface area contributed by atoms with Gasteiger partial charge in [-0.2, -0.15) is 4.31 Å². The van der Waals surface area contributed by atoms with Crippen molar-refractivity contribution in [2.24, 2.45) is 5.92 Å². The van der Waals surface area contributed by atoms with E-state index in [0.717, 1.165) is 5.56 Å². The van der Waals surface area contributed by atoms with Gasteiger partial charge >= 0.3 is 0 Å². The monoisotopic (exact) mass is 493 g/mol. The van der Waals surface area contributed by atoms with E-state index in [1.807, 2.05) is 17.5 Å². The molecule has 1 saturated heterocycles. The lowest BCUT2D eigenvalue weighted by Gasteiger charge is -2.30. The fraction of sp³-hybridized carbons (Fsp3) is 0.333. The SMILES string of the molecule is COc1ccc(-c2csc(NC(=O)C3CCCN(S(=O)(=O)c4cccs4)C3)n2)cc1OC. The molecule has 1 aromatic carbocycles.